The number of aryl methyl sites for hydroxylation is 1. The minimum absolute atomic E-state index is 0.0191. The maximum absolute atomic E-state index is 11.6. The van der Waals surface area contributed by atoms with Crippen LogP contribution in [0.2, 0.25) is 0 Å². The number of carbonyl (C=O) groups excluding carboxylic acids is 1. The van der Waals surface area contributed by atoms with Gasteiger partial charge in [0.05, 0.1) is 13.2 Å². The summed E-state index contributed by atoms with van der Waals surface area (Å²) in [6.07, 6.45) is 3.53. The summed E-state index contributed by atoms with van der Waals surface area (Å²) in [5.41, 5.74) is 2.49. The molecule has 3 nitrogen and oxygen atoms in total. The fourth-order valence-corrected chi connectivity index (χ4v) is 2.58. The lowest BCUT2D eigenvalue weighted by Crippen LogP contribution is -2.31. The van der Waals surface area contributed by atoms with E-state index in [1.807, 2.05) is 12.1 Å². The average molecular weight is 268 g/mol. The highest BCUT2D eigenvalue weighted by Crippen LogP contribution is 2.32. The molecule has 98 valence electrons. The minimum Gasteiger partial charge on any atom is -0.497 e. The number of ether oxygens (including phenoxy) is 1. The Kier molecular flexibility index (Phi) is 4.48. The van der Waals surface area contributed by atoms with Gasteiger partial charge in [-0.05, 0) is 42.5 Å². The predicted octanol–water partition coefficient (Wildman–Crippen LogP) is 2.82. The van der Waals surface area contributed by atoms with Crippen molar-refractivity contribution in [2.75, 3.05) is 13.0 Å². The van der Waals surface area contributed by atoms with Gasteiger partial charge in [-0.15, -0.1) is 11.6 Å². The molecule has 1 amide bonds. The zero-order valence-corrected chi connectivity index (χ0v) is 11.3. The van der Waals surface area contributed by atoms with E-state index in [0.29, 0.717) is 12.3 Å². The van der Waals surface area contributed by atoms with Crippen molar-refractivity contribution < 1.29 is 9.53 Å². The number of carbonyl (C=O) groups is 1. The largest absolute Gasteiger partial charge is 0.497 e. The molecule has 0 aliphatic heterocycles. The number of methoxy groups -OCH3 is 1. The number of rotatable bonds is 4. The first kappa shape index (κ1) is 13.2. The first-order valence-corrected chi connectivity index (χ1v) is 6.80. The highest BCUT2D eigenvalue weighted by molar-refractivity contribution is 6.18. The molecular weight excluding hydrogens is 250 g/mol. The number of nitrogens with one attached hydrogen (secondary N) is 1. The summed E-state index contributed by atoms with van der Waals surface area (Å²) in [4.78, 5) is 11.6. The fraction of sp³-hybridized carbons (Fsp3) is 0.500. The Labute approximate surface area is 112 Å². The summed E-state index contributed by atoms with van der Waals surface area (Å²) in [5.74, 6) is 1.22. The Morgan fingerprint density at radius 2 is 2.39 bits per heavy atom. The SMILES string of the molecule is COc1ccc2c(c1)[C@H](NC(=O)CCCl)CCC2. The van der Waals surface area contributed by atoms with Crippen LogP contribution in [-0.2, 0) is 11.2 Å². The molecular formula is C14H18ClNO2. The number of benzene rings is 1. The summed E-state index contributed by atoms with van der Waals surface area (Å²) in [7, 11) is 1.66. The van der Waals surface area contributed by atoms with E-state index < -0.39 is 0 Å². The highest BCUT2D eigenvalue weighted by atomic mass is 35.5. The van der Waals surface area contributed by atoms with Crippen LogP contribution in [0.15, 0.2) is 18.2 Å². The summed E-state index contributed by atoms with van der Waals surface area (Å²) < 4.78 is 5.25. The van der Waals surface area contributed by atoms with Crippen molar-refractivity contribution in [3.63, 3.8) is 0 Å². The summed E-state index contributed by atoms with van der Waals surface area (Å²) in [5, 5.41) is 3.05. The number of fused-ring (bicyclic) bond motifs is 1. The van der Waals surface area contributed by atoms with Crippen LogP contribution in [0.4, 0.5) is 0 Å². The van der Waals surface area contributed by atoms with E-state index in [1.54, 1.807) is 7.11 Å². The molecule has 1 aromatic carbocycles. The second-order valence-corrected chi connectivity index (χ2v) is 4.89. The van der Waals surface area contributed by atoms with Gasteiger partial charge in [0, 0.05) is 12.3 Å². The van der Waals surface area contributed by atoms with Crippen molar-refractivity contribution in [2.24, 2.45) is 0 Å². The Balaban J connectivity index is 2.18. The third-order valence-corrected chi connectivity index (χ3v) is 3.51. The topological polar surface area (TPSA) is 38.3 Å². The lowest BCUT2D eigenvalue weighted by atomic mass is 9.87. The van der Waals surface area contributed by atoms with E-state index in [-0.39, 0.29) is 11.9 Å². The summed E-state index contributed by atoms with van der Waals surface area (Å²) in [6.45, 7) is 0. The second-order valence-electron chi connectivity index (χ2n) is 4.52. The van der Waals surface area contributed by atoms with Gasteiger partial charge in [0.15, 0.2) is 0 Å². The molecule has 0 unspecified atom stereocenters. The van der Waals surface area contributed by atoms with Crippen molar-refractivity contribution in [3.05, 3.63) is 29.3 Å². The summed E-state index contributed by atoms with van der Waals surface area (Å²) in [6, 6.07) is 6.19. The average Bonchev–Trinajstić information content (AvgIpc) is 2.39. The van der Waals surface area contributed by atoms with Crippen molar-refractivity contribution in [1.29, 1.82) is 0 Å². The molecule has 1 aliphatic rings. The fourth-order valence-electron chi connectivity index (χ4n) is 2.41. The second kappa shape index (κ2) is 6.10. The predicted molar refractivity (Wildman–Crippen MR) is 72.2 cm³/mol. The van der Waals surface area contributed by atoms with Crippen molar-refractivity contribution in [1.82, 2.24) is 5.32 Å². The van der Waals surface area contributed by atoms with Crippen LogP contribution in [0.1, 0.15) is 36.4 Å². The quantitative estimate of drug-likeness (QED) is 0.852. The molecule has 4 heteroatoms. The molecule has 18 heavy (non-hydrogen) atoms. The standard InChI is InChI=1S/C14H18ClNO2/c1-18-11-6-5-10-3-2-4-13(12(10)9-11)16-14(17)7-8-15/h5-6,9,13H,2-4,7-8H2,1H3,(H,16,17)/t13-/m1/s1. The van der Waals surface area contributed by atoms with Gasteiger partial charge in [-0.1, -0.05) is 6.07 Å². The Bertz CT molecular complexity index is 434. The van der Waals surface area contributed by atoms with Gasteiger partial charge in [-0.3, -0.25) is 4.79 Å². The summed E-state index contributed by atoms with van der Waals surface area (Å²) >= 11 is 5.58. The number of alkyl halides is 1. The lowest BCUT2D eigenvalue weighted by Gasteiger charge is -2.26. The Morgan fingerprint density at radius 3 is 3.11 bits per heavy atom. The van der Waals surface area contributed by atoms with Gasteiger partial charge in [0.2, 0.25) is 5.91 Å². The molecule has 0 radical (unpaired) electrons. The molecule has 0 heterocycles. The third-order valence-electron chi connectivity index (χ3n) is 3.32. The molecule has 1 atom stereocenters. The molecule has 0 saturated heterocycles. The molecule has 0 spiro atoms. The van der Waals surface area contributed by atoms with Gasteiger partial charge in [0.1, 0.15) is 5.75 Å². The smallest absolute Gasteiger partial charge is 0.221 e. The highest BCUT2D eigenvalue weighted by Gasteiger charge is 2.22. The zero-order valence-electron chi connectivity index (χ0n) is 10.5. The number of halogens is 1. The van der Waals surface area contributed by atoms with Gasteiger partial charge >= 0.3 is 0 Å². The molecule has 0 saturated carbocycles. The molecule has 0 fully saturated rings. The first-order valence-electron chi connectivity index (χ1n) is 6.26. The van der Waals surface area contributed by atoms with E-state index in [2.05, 4.69) is 11.4 Å². The first-order chi connectivity index (χ1) is 8.74. The maximum Gasteiger partial charge on any atom is 0.221 e. The van der Waals surface area contributed by atoms with Gasteiger partial charge < -0.3 is 10.1 Å². The Hall–Kier alpha value is -1.22. The molecule has 0 bridgehead atoms. The van der Waals surface area contributed by atoms with Gasteiger partial charge in [-0.25, -0.2) is 0 Å². The number of hydrogen-bond acceptors (Lipinski definition) is 2. The Morgan fingerprint density at radius 1 is 1.56 bits per heavy atom. The van der Waals surface area contributed by atoms with Gasteiger partial charge in [0.25, 0.3) is 0 Å². The van der Waals surface area contributed by atoms with Crippen LogP contribution in [0.3, 0.4) is 0 Å². The maximum atomic E-state index is 11.6. The molecule has 1 aliphatic carbocycles. The monoisotopic (exact) mass is 267 g/mol. The number of hydrogen-bond donors (Lipinski definition) is 1. The molecule has 2 rings (SSSR count). The van der Waals surface area contributed by atoms with Crippen LogP contribution in [-0.4, -0.2) is 18.9 Å². The van der Waals surface area contributed by atoms with E-state index in [4.69, 9.17) is 16.3 Å². The molecule has 0 aromatic heterocycles. The third kappa shape index (κ3) is 2.96. The van der Waals surface area contributed by atoms with Crippen molar-refractivity contribution in [3.8, 4) is 5.75 Å². The van der Waals surface area contributed by atoms with Crippen LogP contribution in [0, 0.1) is 0 Å². The van der Waals surface area contributed by atoms with Crippen molar-refractivity contribution >= 4 is 17.5 Å². The minimum atomic E-state index is 0.0191. The van der Waals surface area contributed by atoms with Crippen molar-refractivity contribution in [2.45, 2.75) is 31.7 Å². The van der Waals surface area contributed by atoms with E-state index >= 15 is 0 Å². The zero-order chi connectivity index (χ0) is 13.0. The van der Waals surface area contributed by atoms with Crippen LogP contribution in [0.25, 0.3) is 0 Å². The van der Waals surface area contributed by atoms with Crippen LogP contribution < -0.4 is 10.1 Å². The van der Waals surface area contributed by atoms with E-state index in [0.717, 1.165) is 25.0 Å². The van der Waals surface area contributed by atoms with Gasteiger partial charge in [-0.2, -0.15) is 0 Å². The number of amides is 1. The van der Waals surface area contributed by atoms with Crippen LogP contribution >= 0.6 is 11.6 Å². The van der Waals surface area contributed by atoms with E-state index in [1.165, 1.54) is 11.1 Å². The lowest BCUT2D eigenvalue weighted by molar-refractivity contribution is -0.121. The molecule has 1 aromatic rings. The normalized spacial score (nSPS) is 18.0. The van der Waals surface area contributed by atoms with E-state index in [9.17, 15) is 4.79 Å². The van der Waals surface area contributed by atoms with Crippen LogP contribution in [0.5, 0.6) is 5.75 Å². The molecule has 1 N–H and O–H groups in total.